The van der Waals surface area contributed by atoms with Gasteiger partial charge < -0.3 is 14.7 Å². The van der Waals surface area contributed by atoms with Gasteiger partial charge in [0.25, 0.3) is 0 Å². The minimum atomic E-state index is -4.66. The topological polar surface area (TPSA) is 33.5 Å². The fourth-order valence-corrected chi connectivity index (χ4v) is 4.03. The Morgan fingerprint density at radius 3 is 2.30 bits per heavy atom. The van der Waals surface area contributed by atoms with Gasteiger partial charge >= 0.3 is 6.18 Å². The Kier molecular flexibility index (Phi) is 5.89. The van der Waals surface area contributed by atoms with Crippen molar-refractivity contribution >= 4 is 16.9 Å². The molecule has 0 saturated carbocycles. The maximum absolute atomic E-state index is 15.1. The third-order valence-corrected chi connectivity index (χ3v) is 6.00. The lowest BCUT2D eigenvalue weighted by Gasteiger charge is -2.36. The first-order chi connectivity index (χ1) is 15.6. The van der Waals surface area contributed by atoms with Crippen LogP contribution in [0.5, 0.6) is 0 Å². The van der Waals surface area contributed by atoms with Crippen molar-refractivity contribution in [2.75, 3.05) is 43.0 Å². The van der Waals surface area contributed by atoms with Crippen molar-refractivity contribution in [3.63, 3.8) is 0 Å². The molecular formula is C24H21F5N4. The third-order valence-electron chi connectivity index (χ3n) is 6.00. The van der Waals surface area contributed by atoms with E-state index in [2.05, 4.69) is 11.5 Å². The molecule has 2 aliphatic heterocycles. The van der Waals surface area contributed by atoms with Crippen molar-refractivity contribution in [2.24, 2.45) is 0 Å². The lowest BCUT2D eigenvalue weighted by atomic mass is 9.94. The molecule has 0 amide bonds. The van der Waals surface area contributed by atoms with Gasteiger partial charge in [0.05, 0.1) is 29.1 Å². The summed E-state index contributed by atoms with van der Waals surface area (Å²) in [6.07, 6.45) is -3.19. The van der Waals surface area contributed by atoms with E-state index in [1.54, 1.807) is 11.0 Å². The molecule has 0 unspecified atom stereocenters. The normalized spacial score (nSPS) is 17.0. The van der Waals surface area contributed by atoms with E-state index in [0.717, 1.165) is 25.2 Å². The predicted molar refractivity (Wildman–Crippen MR) is 116 cm³/mol. The van der Waals surface area contributed by atoms with Gasteiger partial charge in [-0.1, -0.05) is 12.6 Å². The maximum Gasteiger partial charge on any atom is 0.416 e. The average Bonchev–Trinajstić information content (AvgIpc) is 2.76. The summed E-state index contributed by atoms with van der Waals surface area (Å²) in [7, 11) is 1.99. The van der Waals surface area contributed by atoms with E-state index in [1.807, 2.05) is 18.0 Å². The maximum atomic E-state index is 15.1. The quantitative estimate of drug-likeness (QED) is 0.592. The molecule has 1 saturated heterocycles. The zero-order valence-electron chi connectivity index (χ0n) is 17.9. The number of rotatable bonds is 3. The molecule has 9 heteroatoms. The van der Waals surface area contributed by atoms with Crippen molar-refractivity contribution in [3.05, 3.63) is 77.0 Å². The fraction of sp³-hybridized carbons (Fsp3) is 0.292. The van der Waals surface area contributed by atoms with Crippen molar-refractivity contribution < 1.29 is 22.0 Å². The molecule has 2 aromatic carbocycles. The number of allylic oxidation sites excluding steroid dienone is 2. The molecule has 2 aromatic rings. The van der Waals surface area contributed by atoms with E-state index in [4.69, 9.17) is 0 Å². The van der Waals surface area contributed by atoms with Crippen molar-refractivity contribution in [1.82, 2.24) is 4.90 Å². The van der Waals surface area contributed by atoms with E-state index >= 15 is 4.39 Å². The number of halogens is 5. The highest BCUT2D eigenvalue weighted by atomic mass is 19.4. The van der Waals surface area contributed by atoms with Crippen LogP contribution in [0.1, 0.15) is 16.7 Å². The molecule has 4 nitrogen and oxygen atoms in total. The van der Waals surface area contributed by atoms with Crippen LogP contribution < -0.4 is 9.80 Å². The van der Waals surface area contributed by atoms with Gasteiger partial charge in [0.2, 0.25) is 0 Å². The van der Waals surface area contributed by atoms with E-state index in [1.165, 1.54) is 12.3 Å². The number of hydrogen-bond donors (Lipinski definition) is 0. The van der Waals surface area contributed by atoms with Crippen LogP contribution in [-0.2, 0) is 12.7 Å². The van der Waals surface area contributed by atoms with Crippen LogP contribution in [0.2, 0.25) is 0 Å². The highest BCUT2D eigenvalue weighted by Gasteiger charge is 2.32. The van der Waals surface area contributed by atoms with Crippen LogP contribution in [0.25, 0.3) is 5.57 Å². The molecule has 2 heterocycles. The van der Waals surface area contributed by atoms with Gasteiger partial charge in [-0.25, -0.2) is 8.78 Å². The molecule has 0 aromatic heterocycles. The molecule has 0 aliphatic carbocycles. The highest BCUT2D eigenvalue weighted by Crippen LogP contribution is 2.41. The number of likely N-dealkylation sites (N-methyl/N-ethyl adjacent to an activating group) is 1. The van der Waals surface area contributed by atoms with E-state index in [9.17, 15) is 22.8 Å². The zero-order chi connectivity index (χ0) is 23.9. The number of piperazine rings is 1. The second kappa shape index (κ2) is 8.52. The van der Waals surface area contributed by atoms with Crippen LogP contribution in [-0.4, -0.2) is 38.1 Å². The lowest BCUT2D eigenvalue weighted by Crippen LogP contribution is -2.44. The molecule has 172 valence electrons. The number of benzene rings is 2. The van der Waals surface area contributed by atoms with Crippen molar-refractivity contribution in [3.8, 4) is 6.07 Å². The molecule has 0 bridgehead atoms. The minimum Gasteiger partial charge on any atom is -0.367 e. The molecule has 0 atom stereocenters. The van der Waals surface area contributed by atoms with Gasteiger partial charge in [-0.05, 0) is 36.9 Å². The number of nitrogens with zero attached hydrogens (tertiary/aromatic N) is 4. The summed E-state index contributed by atoms with van der Waals surface area (Å²) in [4.78, 5) is 5.60. The largest absolute Gasteiger partial charge is 0.416 e. The Bertz CT molecular complexity index is 1170. The minimum absolute atomic E-state index is 0.0143. The van der Waals surface area contributed by atoms with Crippen LogP contribution in [0.3, 0.4) is 0 Å². The molecule has 0 radical (unpaired) electrons. The lowest BCUT2D eigenvalue weighted by molar-refractivity contribution is -0.137. The molecule has 1 fully saturated rings. The fourth-order valence-electron chi connectivity index (χ4n) is 4.03. The van der Waals surface area contributed by atoms with Crippen LogP contribution in [0.4, 0.5) is 33.3 Å². The van der Waals surface area contributed by atoms with E-state index in [0.29, 0.717) is 41.7 Å². The number of fused-ring (bicyclic) bond motifs is 1. The first-order valence-corrected chi connectivity index (χ1v) is 10.3. The van der Waals surface area contributed by atoms with Gasteiger partial charge in [-0.2, -0.15) is 18.4 Å². The second-order valence-corrected chi connectivity index (χ2v) is 8.18. The summed E-state index contributed by atoms with van der Waals surface area (Å²) in [5.41, 5.74) is 0.707. The van der Waals surface area contributed by atoms with Gasteiger partial charge in [0.1, 0.15) is 17.7 Å². The van der Waals surface area contributed by atoms with Gasteiger partial charge in [-0.3, -0.25) is 0 Å². The molecular weight excluding hydrogens is 439 g/mol. The molecule has 2 aliphatic rings. The third kappa shape index (κ3) is 4.44. The summed E-state index contributed by atoms with van der Waals surface area (Å²) in [5, 5.41) is 9.49. The van der Waals surface area contributed by atoms with Crippen molar-refractivity contribution in [1.29, 1.82) is 5.26 Å². The Morgan fingerprint density at radius 1 is 1.00 bits per heavy atom. The number of hydrogen-bond acceptors (Lipinski definition) is 4. The molecule has 0 N–H and O–H groups in total. The van der Waals surface area contributed by atoms with Crippen LogP contribution >= 0.6 is 0 Å². The average molecular weight is 460 g/mol. The van der Waals surface area contributed by atoms with Crippen molar-refractivity contribution in [2.45, 2.75) is 12.7 Å². The van der Waals surface area contributed by atoms with Gasteiger partial charge in [0, 0.05) is 43.5 Å². The summed E-state index contributed by atoms with van der Waals surface area (Å²) in [5.74, 6) is -1.47. The van der Waals surface area contributed by atoms with Gasteiger partial charge in [0.15, 0.2) is 0 Å². The Hall–Kier alpha value is -3.38. The van der Waals surface area contributed by atoms with Crippen LogP contribution in [0.15, 0.2) is 48.7 Å². The number of nitriles is 1. The van der Waals surface area contributed by atoms with E-state index in [-0.39, 0.29) is 17.7 Å². The monoisotopic (exact) mass is 460 g/mol. The Balaban J connectivity index is 1.73. The highest BCUT2D eigenvalue weighted by molar-refractivity contribution is 5.92. The molecule has 0 spiro atoms. The number of alkyl halides is 3. The molecule has 4 rings (SSSR count). The Labute approximate surface area is 188 Å². The summed E-state index contributed by atoms with van der Waals surface area (Å²) in [6, 6.07) is 7.28. The first kappa shape index (κ1) is 22.8. The summed E-state index contributed by atoms with van der Waals surface area (Å²) >= 11 is 0. The first-order valence-electron chi connectivity index (χ1n) is 10.3. The SMILES string of the molecule is C=C1C(C#N)=CN(Cc2ccc(C(F)(F)F)cc2F)c2cc(N3CCN(C)CC3)c(F)cc21. The standard InChI is InChI=1S/C24H21F5N4/c1-15-17(12-30)14-33(13-16-3-4-18(9-20(16)25)24(27,28)29)22-11-23(21(26)10-19(15)22)32-7-5-31(2)6-8-32/h3-4,9-11,14H,1,5-8,13H2,2H3. The Morgan fingerprint density at radius 2 is 1.70 bits per heavy atom. The molecule has 33 heavy (non-hydrogen) atoms. The zero-order valence-corrected chi connectivity index (χ0v) is 17.9. The van der Waals surface area contributed by atoms with E-state index < -0.39 is 23.4 Å². The summed E-state index contributed by atoms with van der Waals surface area (Å²) < 4.78 is 68.3. The van der Waals surface area contributed by atoms with Crippen LogP contribution in [0, 0.1) is 23.0 Å². The number of anilines is 2. The predicted octanol–water partition coefficient (Wildman–Crippen LogP) is 5.18. The smallest absolute Gasteiger partial charge is 0.367 e. The van der Waals surface area contributed by atoms with Gasteiger partial charge in [-0.15, -0.1) is 0 Å². The second-order valence-electron chi connectivity index (χ2n) is 8.18. The summed E-state index contributed by atoms with van der Waals surface area (Å²) in [6.45, 7) is 6.54.